The lowest BCUT2D eigenvalue weighted by atomic mass is 10.2. The van der Waals surface area contributed by atoms with Crippen LogP contribution in [0.25, 0.3) is 0 Å². The zero-order chi connectivity index (χ0) is 17.6. The first kappa shape index (κ1) is 19.2. The van der Waals surface area contributed by atoms with E-state index in [1.165, 1.54) is 27.1 Å². The average molecular weight is 346 g/mol. The Balaban J connectivity index is 2.58. The van der Waals surface area contributed by atoms with Gasteiger partial charge in [-0.05, 0) is 19.8 Å². The molecule has 1 aromatic heterocycles. The highest BCUT2D eigenvalue weighted by atomic mass is 32.2. The molecule has 1 heterocycles. The maximum Gasteiger partial charge on any atom is 0.303 e. The van der Waals surface area contributed by atoms with Crippen molar-refractivity contribution in [3.63, 3.8) is 0 Å². The highest BCUT2D eigenvalue weighted by Crippen LogP contribution is 2.21. The fourth-order valence-electron chi connectivity index (χ4n) is 1.86. The van der Waals surface area contributed by atoms with Gasteiger partial charge in [0.05, 0.1) is 5.56 Å². The van der Waals surface area contributed by atoms with Crippen LogP contribution in [-0.2, 0) is 14.8 Å². The minimum Gasteiger partial charge on any atom is -0.481 e. The number of rotatable bonds is 9. The number of hydrogen-bond donors (Lipinski definition) is 2. The molecule has 130 valence electrons. The lowest BCUT2D eigenvalue weighted by molar-refractivity contribution is -0.137. The summed E-state index contributed by atoms with van der Waals surface area (Å²) in [6.07, 6.45) is 2.01. The van der Waals surface area contributed by atoms with Gasteiger partial charge in [0.1, 0.15) is 5.76 Å². The lowest BCUT2D eigenvalue weighted by Crippen LogP contribution is -2.25. The molecule has 0 atom stereocenters. The number of amides is 1. The van der Waals surface area contributed by atoms with Crippen LogP contribution < -0.4 is 5.32 Å². The molecule has 0 aliphatic carbocycles. The minimum absolute atomic E-state index is 0.112. The van der Waals surface area contributed by atoms with Crippen LogP contribution in [-0.4, -0.2) is 50.3 Å². The largest absolute Gasteiger partial charge is 0.481 e. The second-order valence-corrected chi connectivity index (χ2v) is 7.37. The SMILES string of the molecule is Cc1oc(S(=O)(=O)N(C)C)cc1C(=O)NCCCCCC(=O)O. The number of nitrogens with zero attached hydrogens (tertiary/aromatic N) is 1. The number of carbonyl (C=O) groups is 2. The van der Waals surface area contributed by atoms with Crippen molar-refractivity contribution in [1.82, 2.24) is 9.62 Å². The van der Waals surface area contributed by atoms with Crippen LogP contribution in [0.3, 0.4) is 0 Å². The van der Waals surface area contributed by atoms with Crippen LogP contribution in [0.5, 0.6) is 0 Å². The standard InChI is InChI=1S/C14H22N2O6S/c1-10-11(9-13(22-10)23(20,21)16(2)3)14(19)15-8-6-4-5-7-12(17)18/h9H,4-8H2,1-3H3,(H,15,19)(H,17,18). The summed E-state index contributed by atoms with van der Waals surface area (Å²) < 4.78 is 30.1. The second kappa shape index (κ2) is 8.11. The fraction of sp³-hybridized carbons (Fsp3) is 0.571. The molecule has 0 aliphatic rings. The van der Waals surface area contributed by atoms with E-state index in [0.29, 0.717) is 25.8 Å². The molecule has 0 aliphatic heterocycles. The summed E-state index contributed by atoms with van der Waals surface area (Å²) in [6.45, 7) is 1.91. The van der Waals surface area contributed by atoms with Crippen molar-refractivity contribution in [1.29, 1.82) is 0 Å². The van der Waals surface area contributed by atoms with Gasteiger partial charge in [-0.1, -0.05) is 6.42 Å². The molecule has 0 saturated carbocycles. The maximum absolute atomic E-state index is 12.0. The summed E-state index contributed by atoms with van der Waals surface area (Å²) in [5.41, 5.74) is 0.177. The Bertz CT molecular complexity index is 663. The highest BCUT2D eigenvalue weighted by Gasteiger charge is 2.25. The number of aryl methyl sites for hydroxylation is 1. The van der Waals surface area contributed by atoms with Crippen molar-refractivity contribution >= 4 is 21.9 Å². The number of aliphatic carboxylic acids is 1. The van der Waals surface area contributed by atoms with Gasteiger partial charge in [0.25, 0.3) is 15.9 Å². The van der Waals surface area contributed by atoms with Crippen LogP contribution in [0.15, 0.2) is 15.6 Å². The van der Waals surface area contributed by atoms with Crippen LogP contribution >= 0.6 is 0 Å². The van der Waals surface area contributed by atoms with Crippen LogP contribution in [0.4, 0.5) is 0 Å². The molecular weight excluding hydrogens is 324 g/mol. The number of sulfonamides is 1. The molecule has 0 spiro atoms. The smallest absolute Gasteiger partial charge is 0.303 e. The normalized spacial score (nSPS) is 11.7. The number of carbonyl (C=O) groups excluding carboxylic acids is 1. The van der Waals surface area contributed by atoms with E-state index in [-0.39, 0.29) is 22.8 Å². The number of furan rings is 1. The van der Waals surface area contributed by atoms with Crippen molar-refractivity contribution in [2.75, 3.05) is 20.6 Å². The van der Waals surface area contributed by atoms with E-state index in [2.05, 4.69) is 5.32 Å². The third-order valence-electron chi connectivity index (χ3n) is 3.23. The molecule has 0 bridgehead atoms. The fourth-order valence-corrected chi connectivity index (χ4v) is 2.72. The van der Waals surface area contributed by atoms with Crippen molar-refractivity contribution in [3.8, 4) is 0 Å². The summed E-state index contributed by atoms with van der Waals surface area (Å²) in [7, 11) is -0.964. The van der Waals surface area contributed by atoms with Gasteiger partial charge < -0.3 is 14.8 Å². The van der Waals surface area contributed by atoms with Crippen LogP contribution in [0, 0.1) is 6.92 Å². The molecule has 2 N–H and O–H groups in total. The molecule has 0 fully saturated rings. The molecule has 0 unspecified atom stereocenters. The molecule has 1 rings (SSSR count). The van der Waals surface area contributed by atoms with Crippen LogP contribution in [0.1, 0.15) is 41.8 Å². The molecule has 9 heteroatoms. The van der Waals surface area contributed by atoms with Gasteiger partial charge in [0.2, 0.25) is 5.09 Å². The zero-order valence-electron chi connectivity index (χ0n) is 13.5. The number of unbranched alkanes of at least 4 members (excludes halogenated alkanes) is 2. The Morgan fingerprint density at radius 1 is 1.26 bits per heavy atom. The first-order chi connectivity index (χ1) is 10.7. The van der Waals surface area contributed by atoms with Gasteiger partial charge in [0.15, 0.2) is 0 Å². The average Bonchev–Trinajstić information content (AvgIpc) is 2.84. The van der Waals surface area contributed by atoms with Crippen molar-refractivity contribution in [2.24, 2.45) is 0 Å². The van der Waals surface area contributed by atoms with Gasteiger partial charge >= 0.3 is 5.97 Å². The number of carboxylic acid groups (broad SMARTS) is 1. The Labute approximate surface area is 135 Å². The Morgan fingerprint density at radius 2 is 1.91 bits per heavy atom. The summed E-state index contributed by atoms with van der Waals surface area (Å²) >= 11 is 0. The van der Waals surface area contributed by atoms with Gasteiger partial charge in [-0.15, -0.1) is 0 Å². The van der Waals surface area contributed by atoms with E-state index in [1.54, 1.807) is 0 Å². The van der Waals surface area contributed by atoms with E-state index < -0.39 is 21.9 Å². The van der Waals surface area contributed by atoms with Gasteiger partial charge in [0, 0.05) is 33.1 Å². The molecule has 0 radical (unpaired) electrons. The second-order valence-electron chi connectivity index (χ2n) is 5.28. The van der Waals surface area contributed by atoms with E-state index in [1.807, 2.05) is 0 Å². The Kier molecular flexibility index (Phi) is 6.77. The summed E-state index contributed by atoms with van der Waals surface area (Å²) in [5, 5.41) is 10.9. The summed E-state index contributed by atoms with van der Waals surface area (Å²) in [5.74, 6) is -1.02. The van der Waals surface area contributed by atoms with E-state index in [4.69, 9.17) is 9.52 Å². The van der Waals surface area contributed by atoms with E-state index >= 15 is 0 Å². The first-order valence-corrected chi connectivity index (χ1v) is 8.63. The molecule has 23 heavy (non-hydrogen) atoms. The third-order valence-corrected chi connectivity index (χ3v) is 4.90. The van der Waals surface area contributed by atoms with E-state index in [9.17, 15) is 18.0 Å². The molecule has 0 aromatic carbocycles. The number of nitrogens with one attached hydrogen (secondary N) is 1. The van der Waals surface area contributed by atoms with Gasteiger partial charge in [-0.25, -0.2) is 12.7 Å². The quantitative estimate of drug-likeness (QED) is 0.649. The molecule has 8 nitrogen and oxygen atoms in total. The molecule has 1 amide bonds. The van der Waals surface area contributed by atoms with Gasteiger partial charge in [-0.2, -0.15) is 0 Å². The lowest BCUT2D eigenvalue weighted by Gasteiger charge is -2.07. The van der Waals surface area contributed by atoms with Crippen molar-refractivity contribution in [2.45, 2.75) is 37.7 Å². The number of carboxylic acids is 1. The predicted molar refractivity (Wildman–Crippen MR) is 82.8 cm³/mol. The molecular formula is C14H22N2O6S. The zero-order valence-corrected chi connectivity index (χ0v) is 14.3. The summed E-state index contributed by atoms with van der Waals surface area (Å²) in [4.78, 5) is 22.4. The monoisotopic (exact) mass is 346 g/mol. The summed E-state index contributed by atoms with van der Waals surface area (Å²) in [6, 6.07) is 1.21. The van der Waals surface area contributed by atoms with Crippen molar-refractivity contribution < 1.29 is 27.5 Å². The highest BCUT2D eigenvalue weighted by molar-refractivity contribution is 7.88. The maximum atomic E-state index is 12.0. The predicted octanol–water partition coefficient (Wildman–Crippen LogP) is 1.21. The molecule has 0 saturated heterocycles. The number of hydrogen-bond acceptors (Lipinski definition) is 5. The minimum atomic E-state index is -3.72. The Hall–Kier alpha value is -1.87. The molecule has 1 aromatic rings. The van der Waals surface area contributed by atoms with Crippen molar-refractivity contribution in [3.05, 3.63) is 17.4 Å². The van der Waals surface area contributed by atoms with E-state index in [0.717, 1.165) is 4.31 Å². The third kappa shape index (κ3) is 5.36. The Morgan fingerprint density at radius 3 is 2.48 bits per heavy atom. The van der Waals surface area contributed by atoms with Crippen LogP contribution in [0.2, 0.25) is 0 Å². The van der Waals surface area contributed by atoms with Gasteiger partial charge in [-0.3, -0.25) is 9.59 Å². The topological polar surface area (TPSA) is 117 Å². The first-order valence-electron chi connectivity index (χ1n) is 7.19.